The van der Waals surface area contributed by atoms with Gasteiger partial charge < -0.3 is 20.1 Å². The van der Waals surface area contributed by atoms with Crippen LogP contribution in [0, 0.1) is 17.7 Å². The molecule has 1 heterocycles. The summed E-state index contributed by atoms with van der Waals surface area (Å²) in [5.74, 6) is -1.96. The number of ether oxygens (including phenoxy) is 2. The van der Waals surface area contributed by atoms with Crippen LogP contribution in [0.25, 0.3) is 0 Å². The molecule has 2 amide bonds. The Morgan fingerprint density at radius 1 is 1.26 bits per heavy atom. The van der Waals surface area contributed by atoms with Crippen LogP contribution < -0.4 is 15.4 Å². The maximum absolute atomic E-state index is 13.4. The first kappa shape index (κ1) is 22.1. The molecule has 31 heavy (non-hydrogen) atoms. The molecule has 3 aliphatic carbocycles. The second-order valence-electron chi connectivity index (χ2n) is 8.48. The van der Waals surface area contributed by atoms with Gasteiger partial charge in [0.2, 0.25) is 5.91 Å². The number of carbonyl (C=O) groups excluding carboxylic acids is 2. The van der Waals surface area contributed by atoms with Crippen molar-refractivity contribution in [1.29, 1.82) is 0 Å². The normalized spacial score (nSPS) is 31.8. The lowest BCUT2D eigenvalue weighted by Crippen LogP contribution is -2.53. The van der Waals surface area contributed by atoms with Crippen molar-refractivity contribution in [1.82, 2.24) is 10.6 Å². The lowest BCUT2D eigenvalue weighted by molar-refractivity contribution is -0.206. The minimum absolute atomic E-state index is 0.0478. The van der Waals surface area contributed by atoms with Gasteiger partial charge in [0.15, 0.2) is 12.7 Å². The van der Waals surface area contributed by atoms with Gasteiger partial charge in [-0.1, -0.05) is 11.6 Å². The number of amides is 2. The number of benzene rings is 1. The second kappa shape index (κ2) is 8.12. The van der Waals surface area contributed by atoms with Gasteiger partial charge in [0.25, 0.3) is 5.91 Å². The molecule has 1 aromatic rings. The van der Waals surface area contributed by atoms with E-state index in [0.717, 1.165) is 6.07 Å². The summed E-state index contributed by atoms with van der Waals surface area (Å²) in [7, 11) is 0. The quantitative estimate of drug-likeness (QED) is 0.635. The Kier molecular flexibility index (Phi) is 5.80. The van der Waals surface area contributed by atoms with Gasteiger partial charge in [-0.25, -0.2) is 4.39 Å². The van der Waals surface area contributed by atoms with Crippen molar-refractivity contribution in [3.05, 3.63) is 29.0 Å². The van der Waals surface area contributed by atoms with Crippen LogP contribution in [-0.4, -0.2) is 48.9 Å². The molecule has 0 spiro atoms. The van der Waals surface area contributed by atoms with E-state index in [4.69, 9.17) is 21.1 Å². The molecule has 6 nitrogen and oxygen atoms in total. The van der Waals surface area contributed by atoms with Crippen LogP contribution in [0.2, 0.25) is 5.02 Å². The Hall–Kier alpha value is -2.07. The zero-order chi connectivity index (χ0) is 22.4. The third kappa shape index (κ3) is 4.74. The fourth-order valence-corrected chi connectivity index (χ4v) is 4.81. The van der Waals surface area contributed by atoms with Crippen LogP contribution in [0.3, 0.4) is 0 Å². The molecular weight excluding hydrogens is 444 g/mol. The van der Waals surface area contributed by atoms with Crippen LogP contribution in [-0.2, 0) is 14.3 Å². The topological polar surface area (TPSA) is 76.7 Å². The van der Waals surface area contributed by atoms with Gasteiger partial charge in [0.1, 0.15) is 11.6 Å². The van der Waals surface area contributed by atoms with E-state index >= 15 is 0 Å². The second-order valence-corrected chi connectivity index (χ2v) is 8.88. The Morgan fingerprint density at radius 3 is 2.65 bits per heavy atom. The van der Waals surface area contributed by atoms with E-state index in [2.05, 4.69) is 10.6 Å². The Bertz CT molecular complexity index is 875. The molecule has 0 radical (unpaired) electrons. The number of hydrogen-bond acceptors (Lipinski definition) is 4. The number of fused-ring (bicyclic) bond motifs is 1. The summed E-state index contributed by atoms with van der Waals surface area (Å²) in [5.41, 5.74) is -0.463. The van der Waals surface area contributed by atoms with Crippen molar-refractivity contribution in [3.63, 3.8) is 0 Å². The van der Waals surface area contributed by atoms with Gasteiger partial charge >= 0.3 is 6.18 Å². The predicted molar refractivity (Wildman–Crippen MR) is 101 cm³/mol. The van der Waals surface area contributed by atoms with Crippen molar-refractivity contribution in [2.24, 2.45) is 11.8 Å². The monoisotopic (exact) mass is 464 g/mol. The number of alkyl halides is 3. The van der Waals surface area contributed by atoms with Crippen molar-refractivity contribution in [3.8, 4) is 5.75 Å². The highest BCUT2D eigenvalue weighted by Gasteiger charge is 2.57. The highest BCUT2D eigenvalue weighted by Crippen LogP contribution is 2.52. The van der Waals surface area contributed by atoms with E-state index in [1.807, 2.05) is 0 Å². The first-order valence-electron chi connectivity index (χ1n) is 9.92. The Labute approximate surface area is 180 Å². The van der Waals surface area contributed by atoms with E-state index in [1.165, 1.54) is 12.1 Å². The molecule has 1 saturated heterocycles. The van der Waals surface area contributed by atoms with Crippen LogP contribution in [0.1, 0.15) is 25.7 Å². The van der Waals surface area contributed by atoms with Gasteiger partial charge in [-0.3, -0.25) is 9.59 Å². The van der Waals surface area contributed by atoms with Gasteiger partial charge in [0, 0.05) is 17.6 Å². The summed E-state index contributed by atoms with van der Waals surface area (Å²) in [4.78, 5) is 24.6. The van der Waals surface area contributed by atoms with Crippen molar-refractivity contribution in [2.45, 2.75) is 49.5 Å². The fraction of sp³-hybridized carbons (Fsp3) is 0.600. The van der Waals surface area contributed by atoms with E-state index in [9.17, 15) is 27.2 Å². The molecule has 2 bridgehead atoms. The fourth-order valence-electron chi connectivity index (χ4n) is 4.69. The Balaban J connectivity index is 1.23. The van der Waals surface area contributed by atoms with Crippen LogP contribution in [0.15, 0.2) is 18.2 Å². The first-order chi connectivity index (χ1) is 14.5. The molecule has 11 heteroatoms. The minimum Gasteiger partial charge on any atom is -0.484 e. The molecule has 170 valence electrons. The average molecular weight is 465 g/mol. The molecule has 1 aliphatic heterocycles. The SMILES string of the molecule is O=C(COc1ccc(Cl)c(F)c1)NC12CC(C1)C(NC(=O)C1COC(C(F)(F)F)C1)C2. The van der Waals surface area contributed by atoms with Crippen LogP contribution >= 0.6 is 11.6 Å². The maximum atomic E-state index is 13.4. The number of carbonyl (C=O) groups is 2. The summed E-state index contributed by atoms with van der Waals surface area (Å²) >= 11 is 5.60. The highest BCUT2D eigenvalue weighted by atomic mass is 35.5. The standard InChI is InChI=1S/C20H21ClF4N2O4/c21-13-2-1-12(4-14(13)22)30-9-17(28)27-19-5-11(6-19)15(7-19)26-18(29)10-3-16(31-8-10)20(23,24)25/h1-2,4,10-11,15-16H,3,5-9H2,(H,26,29)(H,27,28). The van der Waals surface area contributed by atoms with E-state index in [-0.39, 0.29) is 48.3 Å². The van der Waals surface area contributed by atoms with Gasteiger partial charge in [-0.15, -0.1) is 0 Å². The van der Waals surface area contributed by atoms with Gasteiger partial charge in [-0.2, -0.15) is 13.2 Å². The largest absolute Gasteiger partial charge is 0.484 e. The predicted octanol–water partition coefficient (Wildman–Crippen LogP) is 2.98. The summed E-state index contributed by atoms with van der Waals surface area (Å²) in [6.45, 7) is -0.555. The zero-order valence-electron chi connectivity index (χ0n) is 16.3. The van der Waals surface area contributed by atoms with Gasteiger partial charge in [-0.05, 0) is 43.7 Å². The van der Waals surface area contributed by atoms with Crippen molar-refractivity contribution in [2.75, 3.05) is 13.2 Å². The minimum atomic E-state index is -4.47. The third-order valence-electron chi connectivity index (χ3n) is 6.21. The summed E-state index contributed by atoms with van der Waals surface area (Å²) in [6, 6.07) is 3.66. The van der Waals surface area contributed by atoms with Crippen LogP contribution in [0.4, 0.5) is 17.6 Å². The third-order valence-corrected chi connectivity index (χ3v) is 6.52. The van der Waals surface area contributed by atoms with Crippen molar-refractivity contribution < 1.29 is 36.6 Å². The Morgan fingerprint density at radius 2 is 2.00 bits per heavy atom. The lowest BCUT2D eigenvalue weighted by atomic mass is 9.76. The average Bonchev–Trinajstić information content (AvgIpc) is 3.35. The first-order valence-corrected chi connectivity index (χ1v) is 10.3. The summed E-state index contributed by atoms with van der Waals surface area (Å²) in [5, 5.41) is 5.69. The molecule has 2 N–H and O–H groups in total. The molecule has 3 saturated carbocycles. The molecule has 4 fully saturated rings. The van der Waals surface area contributed by atoms with E-state index in [0.29, 0.717) is 19.3 Å². The van der Waals surface area contributed by atoms with Gasteiger partial charge in [0.05, 0.1) is 17.5 Å². The highest BCUT2D eigenvalue weighted by molar-refractivity contribution is 6.30. The lowest BCUT2D eigenvalue weighted by Gasteiger charge is -2.39. The number of hydrogen-bond donors (Lipinski definition) is 2. The molecule has 3 unspecified atom stereocenters. The molecular formula is C20H21ClF4N2O4. The maximum Gasteiger partial charge on any atom is 0.414 e. The number of rotatable bonds is 6. The molecule has 0 aromatic heterocycles. The smallest absolute Gasteiger partial charge is 0.414 e. The van der Waals surface area contributed by atoms with E-state index in [1.54, 1.807) is 0 Å². The zero-order valence-corrected chi connectivity index (χ0v) is 17.1. The molecule has 3 atom stereocenters. The summed E-state index contributed by atoms with van der Waals surface area (Å²) < 4.78 is 61.6. The molecule has 5 rings (SSSR count). The number of nitrogens with one attached hydrogen (secondary N) is 2. The van der Waals surface area contributed by atoms with Crippen LogP contribution in [0.5, 0.6) is 5.75 Å². The van der Waals surface area contributed by atoms with Crippen molar-refractivity contribution >= 4 is 23.4 Å². The number of halogens is 5. The molecule has 1 aromatic carbocycles. The molecule has 4 aliphatic rings. The van der Waals surface area contributed by atoms with E-state index < -0.39 is 35.5 Å². The summed E-state index contributed by atoms with van der Waals surface area (Å²) in [6.07, 6.45) is -4.91.